The Bertz CT molecular complexity index is 1180. The normalized spacial score (nSPS) is 11.1. The van der Waals surface area contributed by atoms with Gasteiger partial charge in [-0.05, 0) is 29.8 Å². The van der Waals surface area contributed by atoms with Crippen molar-refractivity contribution in [1.82, 2.24) is 5.32 Å². The number of ketones is 1. The zero-order chi connectivity index (χ0) is 24.5. The highest BCUT2D eigenvalue weighted by Crippen LogP contribution is 2.22. The number of para-hydroxylation sites is 1. The van der Waals surface area contributed by atoms with Crippen molar-refractivity contribution in [3.8, 4) is 5.75 Å². The maximum atomic E-state index is 13.1. The second-order valence-corrected chi connectivity index (χ2v) is 7.18. The molecule has 3 aromatic rings. The summed E-state index contributed by atoms with van der Waals surface area (Å²) in [6.07, 6.45) is -0.837. The third-order valence-electron chi connectivity index (χ3n) is 4.99. The van der Waals surface area contributed by atoms with Crippen LogP contribution in [0.25, 0.3) is 0 Å². The molecule has 0 radical (unpaired) electrons. The van der Waals surface area contributed by atoms with Crippen molar-refractivity contribution in [1.29, 1.82) is 0 Å². The Balaban J connectivity index is 1.84. The van der Waals surface area contributed by atoms with Crippen molar-refractivity contribution in [3.05, 3.63) is 101 Å². The van der Waals surface area contributed by atoms with Crippen LogP contribution >= 0.6 is 0 Å². The van der Waals surface area contributed by atoms with Crippen LogP contribution in [0.4, 0.5) is 4.79 Å². The second kappa shape index (κ2) is 11.4. The standard InChI is InChI=1S/C26H23NO7/c1-32-24(29)20-14-13-18(15-21(20)25(30)33-2)23(28)16-22(17-9-5-3-6-10-17)27-26(31)34-19-11-7-4-8-12-19/h3-15,22H,16H2,1-2H3,(H,27,31)/t22-/m1/s1. The first-order valence-electron chi connectivity index (χ1n) is 10.3. The quantitative estimate of drug-likeness (QED) is 0.392. The third kappa shape index (κ3) is 6.07. The number of ether oxygens (including phenoxy) is 3. The number of nitrogens with one attached hydrogen (secondary N) is 1. The molecule has 1 N–H and O–H groups in total. The zero-order valence-electron chi connectivity index (χ0n) is 18.6. The molecule has 1 amide bonds. The van der Waals surface area contributed by atoms with E-state index in [2.05, 4.69) is 5.32 Å². The summed E-state index contributed by atoms with van der Waals surface area (Å²) in [6.45, 7) is 0. The Morgan fingerprint density at radius 2 is 1.35 bits per heavy atom. The highest BCUT2D eigenvalue weighted by Gasteiger charge is 2.24. The topological polar surface area (TPSA) is 108 Å². The Morgan fingerprint density at radius 1 is 0.765 bits per heavy atom. The predicted octanol–water partition coefficient (Wildman–Crippen LogP) is 4.36. The number of benzene rings is 3. The van der Waals surface area contributed by atoms with E-state index >= 15 is 0 Å². The average molecular weight is 461 g/mol. The van der Waals surface area contributed by atoms with Crippen molar-refractivity contribution in [2.45, 2.75) is 12.5 Å². The molecule has 0 aromatic heterocycles. The van der Waals surface area contributed by atoms with Crippen LogP contribution in [0.2, 0.25) is 0 Å². The molecule has 34 heavy (non-hydrogen) atoms. The number of carbonyl (C=O) groups is 4. The first-order valence-corrected chi connectivity index (χ1v) is 10.3. The lowest BCUT2D eigenvalue weighted by Gasteiger charge is -2.19. The zero-order valence-corrected chi connectivity index (χ0v) is 18.6. The molecule has 0 aliphatic carbocycles. The van der Waals surface area contributed by atoms with E-state index in [4.69, 9.17) is 14.2 Å². The molecule has 3 rings (SSSR count). The molecule has 3 aromatic carbocycles. The molecule has 1 atom stereocenters. The van der Waals surface area contributed by atoms with Crippen molar-refractivity contribution in [3.63, 3.8) is 0 Å². The number of esters is 2. The molecule has 0 spiro atoms. The van der Waals surface area contributed by atoms with Crippen LogP contribution in [0.15, 0.2) is 78.9 Å². The largest absolute Gasteiger partial charge is 0.465 e. The summed E-state index contributed by atoms with van der Waals surface area (Å²) < 4.78 is 14.7. The number of rotatable bonds is 8. The average Bonchev–Trinajstić information content (AvgIpc) is 2.88. The Labute approximate surface area is 196 Å². The summed E-state index contributed by atoms with van der Waals surface area (Å²) in [5.74, 6) is -1.51. The number of methoxy groups -OCH3 is 2. The minimum absolute atomic E-state index is 0.0185. The molecule has 0 unspecified atom stereocenters. The van der Waals surface area contributed by atoms with Crippen molar-refractivity contribution in [2.24, 2.45) is 0 Å². The van der Waals surface area contributed by atoms with Crippen molar-refractivity contribution >= 4 is 23.8 Å². The molecule has 0 fully saturated rings. The molecule has 0 aliphatic heterocycles. The number of carbonyl (C=O) groups excluding carboxylic acids is 4. The highest BCUT2D eigenvalue weighted by atomic mass is 16.6. The van der Waals surface area contributed by atoms with Crippen LogP contribution in [-0.2, 0) is 9.47 Å². The van der Waals surface area contributed by atoms with Crippen LogP contribution < -0.4 is 10.1 Å². The fraction of sp³-hybridized carbons (Fsp3) is 0.154. The first kappa shape index (κ1) is 24.2. The lowest BCUT2D eigenvalue weighted by Crippen LogP contribution is -2.32. The van der Waals surface area contributed by atoms with E-state index < -0.39 is 24.1 Å². The molecule has 0 saturated carbocycles. The summed E-state index contributed by atoms with van der Waals surface area (Å²) in [5, 5.41) is 2.72. The van der Waals surface area contributed by atoms with Gasteiger partial charge in [0.2, 0.25) is 0 Å². The molecule has 174 valence electrons. The Hall–Kier alpha value is -4.46. The minimum atomic E-state index is -0.778. The first-order chi connectivity index (χ1) is 16.4. The smallest absolute Gasteiger partial charge is 0.413 e. The molecule has 0 bridgehead atoms. The van der Waals surface area contributed by atoms with Gasteiger partial charge < -0.3 is 19.5 Å². The molecule has 8 heteroatoms. The maximum Gasteiger partial charge on any atom is 0.413 e. The van der Waals surface area contributed by atoms with Crippen LogP contribution in [0.5, 0.6) is 5.75 Å². The van der Waals surface area contributed by atoms with Gasteiger partial charge in [-0.2, -0.15) is 0 Å². The van der Waals surface area contributed by atoms with Gasteiger partial charge in [0.25, 0.3) is 0 Å². The number of hydrogen-bond acceptors (Lipinski definition) is 7. The maximum absolute atomic E-state index is 13.1. The van der Waals surface area contributed by atoms with Gasteiger partial charge in [0.15, 0.2) is 5.78 Å². The van der Waals surface area contributed by atoms with E-state index in [0.29, 0.717) is 11.3 Å². The van der Waals surface area contributed by atoms with Gasteiger partial charge in [-0.3, -0.25) is 4.79 Å². The number of amides is 1. The van der Waals surface area contributed by atoms with Crippen molar-refractivity contribution < 1.29 is 33.4 Å². The molecule has 0 aliphatic rings. The van der Waals surface area contributed by atoms with Gasteiger partial charge in [0.1, 0.15) is 5.75 Å². The van der Waals surface area contributed by atoms with Gasteiger partial charge in [-0.25, -0.2) is 14.4 Å². The van der Waals surface area contributed by atoms with Crippen LogP contribution in [0.1, 0.15) is 49.1 Å². The fourth-order valence-corrected chi connectivity index (χ4v) is 3.29. The van der Waals surface area contributed by atoms with Crippen LogP contribution in [0, 0.1) is 0 Å². The Kier molecular flexibility index (Phi) is 8.12. The molecule has 0 heterocycles. The Morgan fingerprint density at radius 3 is 1.97 bits per heavy atom. The van der Waals surface area contributed by atoms with Crippen LogP contribution in [0.3, 0.4) is 0 Å². The summed E-state index contributed by atoms with van der Waals surface area (Å²) in [4.78, 5) is 49.8. The van der Waals surface area contributed by atoms with E-state index in [1.807, 2.05) is 6.07 Å². The van der Waals surface area contributed by atoms with Gasteiger partial charge in [-0.1, -0.05) is 54.6 Å². The predicted molar refractivity (Wildman–Crippen MR) is 123 cm³/mol. The van der Waals surface area contributed by atoms with Crippen molar-refractivity contribution in [2.75, 3.05) is 14.2 Å². The summed E-state index contributed by atoms with van der Waals surface area (Å²) in [5.41, 5.74) is 0.760. The summed E-state index contributed by atoms with van der Waals surface area (Å²) in [6, 6.07) is 20.8. The fourth-order valence-electron chi connectivity index (χ4n) is 3.29. The van der Waals surface area contributed by atoms with Gasteiger partial charge in [0.05, 0.1) is 31.4 Å². The van der Waals surface area contributed by atoms with Gasteiger partial charge >= 0.3 is 18.0 Å². The second-order valence-electron chi connectivity index (χ2n) is 7.18. The minimum Gasteiger partial charge on any atom is -0.465 e. The SMILES string of the molecule is COC(=O)c1ccc(C(=O)C[C@@H](NC(=O)Oc2ccccc2)c2ccccc2)cc1C(=O)OC. The van der Waals surface area contributed by atoms with E-state index in [0.717, 1.165) is 0 Å². The highest BCUT2D eigenvalue weighted by molar-refractivity contribution is 6.06. The van der Waals surface area contributed by atoms with E-state index in [1.54, 1.807) is 54.6 Å². The van der Waals surface area contributed by atoms with E-state index in [-0.39, 0.29) is 28.9 Å². The number of Topliss-reactive ketones (excluding diaryl/α,β-unsaturated/α-hetero) is 1. The summed E-state index contributed by atoms with van der Waals surface area (Å²) in [7, 11) is 2.36. The monoisotopic (exact) mass is 461 g/mol. The van der Waals surface area contributed by atoms with Gasteiger partial charge in [-0.15, -0.1) is 0 Å². The molecule has 0 saturated heterocycles. The molecule has 8 nitrogen and oxygen atoms in total. The number of hydrogen-bond donors (Lipinski definition) is 1. The van der Waals surface area contributed by atoms with Crippen LogP contribution in [-0.4, -0.2) is 38.0 Å². The summed E-state index contributed by atoms with van der Waals surface area (Å²) >= 11 is 0. The van der Waals surface area contributed by atoms with Gasteiger partial charge in [0, 0.05) is 12.0 Å². The lowest BCUT2D eigenvalue weighted by molar-refractivity contribution is 0.0555. The lowest BCUT2D eigenvalue weighted by atomic mass is 9.95. The molecular weight excluding hydrogens is 438 g/mol. The third-order valence-corrected chi connectivity index (χ3v) is 4.99. The van der Waals surface area contributed by atoms with E-state index in [9.17, 15) is 19.2 Å². The molecular formula is C26H23NO7. The van der Waals surface area contributed by atoms with E-state index in [1.165, 1.54) is 32.4 Å².